The van der Waals surface area contributed by atoms with Gasteiger partial charge in [0, 0.05) is 5.54 Å². The molecule has 16 heavy (non-hydrogen) atoms. The number of hydrogen-bond donors (Lipinski definition) is 3. The van der Waals surface area contributed by atoms with E-state index in [1.165, 1.54) is 0 Å². The molecule has 6 heteroatoms. The molecule has 5 nitrogen and oxygen atoms in total. The van der Waals surface area contributed by atoms with Gasteiger partial charge in [-0.05, 0) is 19.8 Å². The molecule has 0 aliphatic heterocycles. The number of carbonyl (C=O) groups excluding carboxylic acids is 2. The van der Waals surface area contributed by atoms with Gasteiger partial charge in [0.15, 0.2) is 0 Å². The third-order valence-corrected chi connectivity index (χ3v) is 2.75. The normalized spacial score (nSPS) is 10.7. The molecule has 0 saturated heterocycles. The van der Waals surface area contributed by atoms with Gasteiger partial charge >= 0.3 is 11.8 Å². The average molecular weight is 245 g/mol. The van der Waals surface area contributed by atoms with Crippen LogP contribution in [0.25, 0.3) is 0 Å². The van der Waals surface area contributed by atoms with Gasteiger partial charge in [0.25, 0.3) is 0 Å². The third kappa shape index (κ3) is 5.06. The van der Waals surface area contributed by atoms with Crippen molar-refractivity contribution < 1.29 is 9.59 Å². The highest BCUT2D eigenvalue weighted by molar-refractivity contribution is 7.80. The van der Waals surface area contributed by atoms with Gasteiger partial charge in [0.1, 0.15) is 0 Å². The van der Waals surface area contributed by atoms with Crippen LogP contribution in [0.2, 0.25) is 0 Å². The van der Waals surface area contributed by atoms with E-state index in [1.54, 1.807) is 0 Å². The van der Waals surface area contributed by atoms with Gasteiger partial charge in [-0.2, -0.15) is 0 Å². The molecular formula is C10H19N3O2S. The van der Waals surface area contributed by atoms with Gasteiger partial charge in [-0.25, -0.2) is 0 Å². The summed E-state index contributed by atoms with van der Waals surface area (Å²) in [5.74, 6) is -1.36. The van der Waals surface area contributed by atoms with Crippen LogP contribution in [0.1, 0.15) is 33.6 Å². The van der Waals surface area contributed by atoms with Crippen LogP contribution in [-0.2, 0) is 9.59 Å². The average Bonchev–Trinajstić information content (AvgIpc) is 2.25. The highest BCUT2D eigenvalue weighted by atomic mass is 32.1. The standard InChI is InChI=1S/C10H19N3O2S/c1-4-10(3,5-2)13-9(15)8(14)12-6-7(11)16/h4-6H2,1-3H3,(H2,11,16)(H,12,14)(H,13,15). The lowest BCUT2D eigenvalue weighted by atomic mass is 9.95. The molecule has 0 aliphatic carbocycles. The Bertz CT molecular complexity index is 288. The number of hydrogen-bond acceptors (Lipinski definition) is 3. The van der Waals surface area contributed by atoms with Gasteiger partial charge in [0.2, 0.25) is 0 Å². The molecule has 0 aromatic rings. The number of carbonyl (C=O) groups is 2. The second-order valence-corrected chi connectivity index (χ2v) is 4.40. The fourth-order valence-electron chi connectivity index (χ4n) is 1.01. The van der Waals surface area contributed by atoms with E-state index < -0.39 is 11.8 Å². The van der Waals surface area contributed by atoms with E-state index in [0.717, 1.165) is 12.8 Å². The Balaban J connectivity index is 4.24. The van der Waals surface area contributed by atoms with Crippen molar-refractivity contribution in [1.29, 1.82) is 0 Å². The first kappa shape index (κ1) is 14.8. The highest BCUT2D eigenvalue weighted by Crippen LogP contribution is 2.12. The van der Waals surface area contributed by atoms with Crippen LogP contribution in [-0.4, -0.2) is 28.9 Å². The Morgan fingerprint density at radius 3 is 2.12 bits per heavy atom. The summed E-state index contributed by atoms with van der Waals surface area (Å²) in [7, 11) is 0. The predicted octanol–water partition coefficient (Wildman–Crippen LogP) is 0.0836. The van der Waals surface area contributed by atoms with Crippen molar-refractivity contribution in [3.05, 3.63) is 0 Å². The van der Waals surface area contributed by atoms with Crippen LogP contribution in [0.3, 0.4) is 0 Å². The first-order valence-electron chi connectivity index (χ1n) is 5.23. The van der Waals surface area contributed by atoms with Crippen LogP contribution in [0.4, 0.5) is 0 Å². The topological polar surface area (TPSA) is 84.2 Å². The lowest BCUT2D eigenvalue weighted by Crippen LogP contribution is -2.51. The molecule has 4 N–H and O–H groups in total. The van der Waals surface area contributed by atoms with Gasteiger partial charge in [-0.15, -0.1) is 0 Å². The second kappa shape index (κ2) is 6.42. The molecule has 0 aromatic heterocycles. The number of rotatable bonds is 5. The zero-order valence-electron chi connectivity index (χ0n) is 9.92. The molecule has 0 aliphatic rings. The minimum atomic E-state index is -0.707. The summed E-state index contributed by atoms with van der Waals surface area (Å²) in [6.45, 7) is 5.84. The highest BCUT2D eigenvalue weighted by Gasteiger charge is 2.25. The maximum atomic E-state index is 11.5. The van der Waals surface area contributed by atoms with E-state index in [1.807, 2.05) is 20.8 Å². The number of thiocarbonyl (C=S) groups is 1. The molecule has 0 unspecified atom stereocenters. The third-order valence-electron chi connectivity index (χ3n) is 2.61. The Morgan fingerprint density at radius 1 is 1.25 bits per heavy atom. The maximum Gasteiger partial charge on any atom is 0.309 e. The van der Waals surface area contributed by atoms with Crippen LogP contribution in [0, 0.1) is 0 Å². The van der Waals surface area contributed by atoms with E-state index in [-0.39, 0.29) is 17.1 Å². The SMILES string of the molecule is CCC(C)(CC)NC(=O)C(=O)NCC(N)=S. The van der Waals surface area contributed by atoms with Crippen LogP contribution < -0.4 is 16.4 Å². The first-order chi connectivity index (χ1) is 7.34. The molecule has 0 radical (unpaired) electrons. The Kier molecular flexibility index (Phi) is 5.95. The zero-order valence-corrected chi connectivity index (χ0v) is 10.7. The van der Waals surface area contributed by atoms with E-state index in [9.17, 15) is 9.59 Å². The van der Waals surface area contributed by atoms with Crippen molar-refractivity contribution in [2.45, 2.75) is 39.2 Å². The van der Waals surface area contributed by atoms with E-state index >= 15 is 0 Å². The van der Waals surface area contributed by atoms with Gasteiger partial charge in [-0.3, -0.25) is 9.59 Å². The number of amides is 2. The van der Waals surface area contributed by atoms with Gasteiger partial charge in [-0.1, -0.05) is 26.1 Å². The van der Waals surface area contributed by atoms with Crippen molar-refractivity contribution >= 4 is 29.0 Å². The first-order valence-corrected chi connectivity index (χ1v) is 5.64. The lowest BCUT2D eigenvalue weighted by Gasteiger charge is -2.27. The zero-order chi connectivity index (χ0) is 12.8. The molecule has 0 saturated carbocycles. The summed E-state index contributed by atoms with van der Waals surface area (Å²) in [6, 6.07) is 0. The summed E-state index contributed by atoms with van der Waals surface area (Å²) in [4.78, 5) is 22.9. The maximum absolute atomic E-state index is 11.5. The van der Waals surface area contributed by atoms with Gasteiger partial charge in [0.05, 0.1) is 11.5 Å². The summed E-state index contributed by atoms with van der Waals surface area (Å²) in [5, 5.41) is 5.02. The molecular weight excluding hydrogens is 226 g/mol. The fraction of sp³-hybridized carbons (Fsp3) is 0.700. The summed E-state index contributed by atoms with van der Waals surface area (Å²) >= 11 is 4.59. The minimum Gasteiger partial charge on any atom is -0.392 e. The molecule has 0 rings (SSSR count). The largest absolute Gasteiger partial charge is 0.392 e. The smallest absolute Gasteiger partial charge is 0.309 e. The second-order valence-electron chi connectivity index (χ2n) is 3.87. The van der Waals surface area contributed by atoms with E-state index in [2.05, 4.69) is 22.9 Å². The van der Waals surface area contributed by atoms with Gasteiger partial charge < -0.3 is 16.4 Å². The monoisotopic (exact) mass is 245 g/mol. The summed E-state index contributed by atoms with van der Waals surface area (Å²) < 4.78 is 0. The molecule has 2 amide bonds. The van der Waals surface area contributed by atoms with Crippen molar-refractivity contribution in [3.8, 4) is 0 Å². The molecule has 0 aromatic carbocycles. The van der Waals surface area contributed by atoms with Crippen molar-refractivity contribution in [3.63, 3.8) is 0 Å². The Morgan fingerprint density at radius 2 is 1.75 bits per heavy atom. The number of nitrogens with two attached hydrogens (primary N) is 1. The van der Waals surface area contributed by atoms with Crippen molar-refractivity contribution in [2.75, 3.05) is 6.54 Å². The van der Waals surface area contributed by atoms with E-state index in [0.29, 0.717) is 0 Å². The molecule has 0 spiro atoms. The predicted molar refractivity (Wildman–Crippen MR) is 66.9 cm³/mol. The summed E-state index contributed by atoms with van der Waals surface area (Å²) in [5.41, 5.74) is 4.86. The molecule has 92 valence electrons. The minimum absolute atomic E-state index is 0.0382. The van der Waals surface area contributed by atoms with E-state index in [4.69, 9.17) is 5.73 Å². The fourth-order valence-corrected chi connectivity index (χ4v) is 1.08. The Labute approximate surface area is 101 Å². The van der Waals surface area contributed by atoms with Crippen molar-refractivity contribution in [1.82, 2.24) is 10.6 Å². The lowest BCUT2D eigenvalue weighted by molar-refractivity contribution is -0.140. The quantitative estimate of drug-likeness (QED) is 0.473. The molecule has 0 fully saturated rings. The summed E-state index contributed by atoms with van der Waals surface area (Å²) in [6.07, 6.45) is 1.52. The molecule has 0 atom stereocenters. The molecule has 0 bridgehead atoms. The molecule has 0 heterocycles. The van der Waals surface area contributed by atoms with Crippen LogP contribution in [0.5, 0.6) is 0 Å². The van der Waals surface area contributed by atoms with Crippen molar-refractivity contribution in [2.24, 2.45) is 5.73 Å². The Hall–Kier alpha value is -1.17. The van der Waals surface area contributed by atoms with Crippen LogP contribution >= 0.6 is 12.2 Å². The van der Waals surface area contributed by atoms with Crippen LogP contribution in [0.15, 0.2) is 0 Å². The number of nitrogens with one attached hydrogen (secondary N) is 2.